The molecule has 4 heteroatoms. The van der Waals surface area contributed by atoms with E-state index in [1.807, 2.05) is 0 Å². The molecule has 0 bridgehead atoms. The third-order valence-electron chi connectivity index (χ3n) is 3.70. The van der Waals surface area contributed by atoms with E-state index in [0.717, 1.165) is 30.0 Å². The fourth-order valence-corrected chi connectivity index (χ4v) is 3.20. The minimum atomic E-state index is 0.600. The Hall–Kier alpha value is -0.740. The summed E-state index contributed by atoms with van der Waals surface area (Å²) in [5, 5.41) is 3.54. The van der Waals surface area contributed by atoms with Gasteiger partial charge in [0.2, 0.25) is 0 Å². The molecule has 1 unspecified atom stereocenters. The standard InChI is InChI=1S/C14H18BrNO2/c1-9-13(15)10(7-11-3-2-4-16-11)8-12-14(9)18-6-5-17-12/h8,11,16H,2-7H2,1H3. The van der Waals surface area contributed by atoms with E-state index in [2.05, 4.69) is 34.2 Å². The van der Waals surface area contributed by atoms with Crippen LogP contribution in [0.5, 0.6) is 11.5 Å². The van der Waals surface area contributed by atoms with Crippen LogP contribution in [0.2, 0.25) is 0 Å². The molecular formula is C14H18BrNO2. The number of nitrogens with one attached hydrogen (secondary N) is 1. The maximum absolute atomic E-state index is 5.70. The lowest BCUT2D eigenvalue weighted by molar-refractivity contribution is 0.170. The highest BCUT2D eigenvalue weighted by atomic mass is 79.9. The highest BCUT2D eigenvalue weighted by Gasteiger charge is 2.22. The summed E-state index contributed by atoms with van der Waals surface area (Å²) in [4.78, 5) is 0. The SMILES string of the molecule is Cc1c(Br)c(CC2CCCN2)cc2c1OCCO2. The highest BCUT2D eigenvalue weighted by Crippen LogP contribution is 2.40. The molecule has 2 aliphatic rings. The fourth-order valence-electron chi connectivity index (χ4n) is 2.74. The minimum Gasteiger partial charge on any atom is -0.486 e. The summed E-state index contributed by atoms with van der Waals surface area (Å²) in [5.74, 6) is 1.80. The molecule has 1 N–H and O–H groups in total. The Bertz CT molecular complexity index is 456. The second-order valence-corrected chi connectivity index (χ2v) is 5.79. The lowest BCUT2D eigenvalue weighted by Gasteiger charge is -2.23. The molecule has 2 heterocycles. The normalized spacial score (nSPS) is 22.2. The predicted octanol–water partition coefficient (Wildman–Crippen LogP) is 2.82. The molecule has 3 rings (SSSR count). The number of rotatable bonds is 2. The molecule has 0 aliphatic carbocycles. The molecule has 0 spiro atoms. The zero-order valence-electron chi connectivity index (χ0n) is 10.6. The van der Waals surface area contributed by atoms with Crippen molar-refractivity contribution in [3.63, 3.8) is 0 Å². The molecule has 3 nitrogen and oxygen atoms in total. The second-order valence-electron chi connectivity index (χ2n) is 5.00. The van der Waals surface area contributed by atoms with Gasteiger partial charge < -0.3 is 14.8 Å². The average molecular weight is 312 g/mol. The zero-order chi connectivity index (χ0) is 12.5. The van der Waals surface area contributed by atoms with Crippen molar-refractivity contribution in [2.45, 2.75) is 32.2 Å². The smallest absolute Gasteiger partial charge is 0.165 e. The summed E-state index contributed by atoms with van der Waals surface area (Å²) in [5.41, 5.74) is 2.47. The first-order valence-corrected chi connectivity index (χ1v) is 7.36. The van der Waals surface area contributed by atoms with Crippen molar-refractivity contribution in [1.82, 2.24) is 5.32 Å². The van der Waals surface area contributed by atoms with Crippen LogP contribution in [0.4, 0.5) is 0 Å². The number of halogens is 1. The topological polar surface area (TPSA) is 30.5 Å². The molecule has 2 aliphatic heterocycles. The monoisotopic (exact) mass is 311 g/mol. The average Bonchev–Trinajstić information content (AvgIpc) is 2.89. The summed E-state index contributed by atoms with van der Waals surface area (Å²) in [7, 11) is 0. The maximum atomic E-state index is 5.70. The van der Waals surface area contributed by atoms with Gasteiger partial charge >= 0.3 is 0 Å². The molecule has 0 amide bonds. The Kier molecular flexibility index (Phi) is 3.48. The van der Waals surface area contributed by atoms with Crippen molar-refractivity contribution in [3.8, 4) is 11.5 Å². The van der Waals surface area contributed by atoms with Gasteiger partial charge in [0.05, 0.1) is 0 Å². The Morgan fingerprint density at radius 1 is 1.39 bits per heavy atom. The van der Waals surface area contributed by atoms with E-state index < -0.39 is 0 Å². The number of ether oxygens (including phenoxy) is 2. The van der Waals surface area contributed by atoms with Crippen LogP contribution in [0.25, 0.3) is 0 Å². The number of benzene rings is 1. The molecule has 98 valence electrons. The highest BCUT2D eigenvalue weighted by molar-refractivity contribution is 9.10. The van der Waals surface area contributed by atoms with Gasteiger partial charge in [0.25, 0.3) is 0 Å². The van der Waals surface area contributed by atoms with Crippen molar-refractivity contribution in [2.75, 3.05) is 19.8 Å². The van der Waals surface area contributed by atoms with Crippen LogP contribution < -0.4 is 14.8 Å². The van der Waals surface area contributed by atoms with E-state index in [1.54, 1.807) is 0 Å². The second kappa shape index (κ2) is 5.10. The number of hydrogen-bond acceptors (Lipinski definition) is 3. The summed E-state index contributed by atoms with van der Waals surface area (Å²) in [6.45, 7) is 4.52. The van der Waals surface area contributed by atoms with Crippen LogP contribution >= 0.6 is 15.9 Å². The zero-order valence-corrected chi connectivity index (χ0v) is 12.2. The van der Waals surface area contributed by atoms with Gasteiger partial charge in [-0.3, -0.25) is 0 Å². The van der Waals surface area contributed by atoms with Crippen molar-refractivity contribution < 1.29 is 9.47 Å². The maximum Gasteiger partial charge on any atom is 0.165 e. The Balaban J connectivity index is 1.91. The molecular weight excluding hydrogens is 294 g/mol. The first kappa shape index (κ1) is 12.3. The van der Waals surface area contributed by atoms with Gasteiger partial charge in [0.1, 0.15) is 13.2 Å². The van der Waals surface area contributed by atoms with Gasteiger partial charge in [0, 0.05) is 16.1 Å². The van der Waals surface area contributed by atoms with E-state index in [9.17, 15) is 0 Å². The van der Waals surface area contributed by atoms with Crippen molar-refractivity contribution >= 4 is 15.9 Å². The van der Waals surface area contributed by atoms with Crippen LogP contribution in [0.15, 0.2) is 10.5 Å². The lowest BCUT2D eigenvalue weighted by atomic mass is 10.0. The van der Waals surface area contributed by atoms with Gasteiger partial charge in [0.15, 0.2) is 11.5 Å². The lowest BCUT2D eigenvalue weighted by Crippen LogP contribution is -2.24. The van der Waals surface area contributed by atoms with Crippen LogP contribution in [0.3, 0.4) is 0 Å². The molecule has 1 aromatic carbocycles. The van der Waals surface area contributed by atoms with Gasteiger partial charge in [-0.25, -0.2) is 0 Å². The third kappa shape index (κ3) is 2.24. The van der Waals surface area contributed by atoms with Crippen LogP contribution in [0, 0.1) is 6.92 Å². The molecule has 0 radical (unpaired) electrons. The van der Waals surface area contributed by atoms with Gasteiger partial charge in [-0.2, -0.15) is 0 Å². The van der Waals surface area contributed by atoms with E-state index in [0.29, 0.717) is 19.3 Å². The fraction of sp³-hybridized carbons (Fsp3) is 0.571. The molecule has 0 aromatic heterocycles. The van der Waals surface area contributed by atoms with Crippen LogP contribution in [0.1, 0.15) is 24.0 Å². The first-order chi connectivity index (χ1) is 8.75. The van der Waals surface area contributed by atoms with Crippen molar-refractivity contribution in [2.24, 2.45) is 0 Å². The Labute approximate surface area is 116 Å². The van der Waals surface area contributed by atoms with Crippen molar-refractivity contribution in [1.29, 1.82) is 0 Å². The largest absolute Gasteiger partial charge is 0.486 e. The van der Waals surface area contributed by atoms with E-state index in [-0.39, 0.29) is 0 Å². The summed E-state index contributed by atoms with van der Waals surface area (Å²) in [6, 6.07) is 2.73. The number of fused-ring (bicyclic) bond motifs is 1. The molecule has 1 atom stereocenters. The number of hydrogen-bond donors (Lipinski definition) is 1. The Morgan fingerprint density at radius 2 is 2.22 bits per heavy atom. The van der Waals surface area contributed by atoms with Gasteiger partial charge in [-0.05, 0) is 44.4 Å². The van der Waals surface area contributed by atoms with Gasteiger partial charge in [-0.1, -0.05) is 15.9 Å². The minimum absolute atomic E-state index is 0.600. The first-order valence-electron chi connectivity index (χ1n) is 6.56. The molecule has 18 heavy (non-hydrogen) atoms. The predicted molar refractivity (Wildman–Crippen MR) is 74.6 cm³/mol. The van der Waals surface area contributed by atoms with Gasteiger partial charge in [-0.15, -0.1) is 0 Å². The van der Waals surface area contributed by atoms with E-state index in [4.69, 9.17) is 9.47 Å². The molecule has 1 aromatic rings. The van der Waals surface area contributed by atoms with E-state index >= 15 is 0 Å². The van der Waals surface area contributed by atoms with Crippen molar-refractivity contribution in [3.05, 3.63) is 21.7 Å². The molecule has 1 saturated heterocycles. The quantitative estimate of drug-likeness (QED) is 0.911. The Morgan fingerprint density at radius 3 is 3.00 bits per heavy atom. The summed E-state index contributed by atoms with van der Waals surface area (Å²) in [6.07, 6.45) is 3.60. The third-order valence-corrected chi connectivity index (χ3v) is 4.80. The summed E-state index contributed by atoms with van der Waals surface area (Å²) >= 11 is 3.70. The summed E-state index contributed by atoms with van der Waals surface area (Å²) < 4.78 is 12.6. The van der Waals surface area contributed by atoms with E-state index in [1.165, 1.54) is 22.9 Å². The van der Waals surface area contributed by atoms with Crippen LogP contribution in [-0.2, 0) is 6.42 Å². The van der Waals surface area contributed by atoms with Crippen LogP contribution in [-0.4, -0.2) is 25.8 Å². The molecule has 0 saturated carbocycles. The molecule has 1 fully saturated rings.